The smallest absolute Gasteiger partial charge is 0.343 e. The van der Waals surface area contributed by atoms with Gasteiger partial charge in [-0.3, -0.25) is 0 Å². The second-order valence-corrected chi connectivity index (χ2v) is 7.07. The Labute approximate surface area is 157 Å². The van der Waals surface area contributed by atoms with E-state index in [1.165, 1.54) is 25.3 Å². The average Bonchev–Trinajstić information content (AvgIpc) is 3.28. The predicted molar refractivity (Wildman–Crippen MR) is 98.8 cm³/mol. The fourth-order valence-electron chi connectivity index (χ4n) is 3.67. The Bertz CT molecular complexity index is 828. The monoisotopic (exact) mass is 377 g/mol. The highest BCUT2D eigenvalue weighted by atomic mass is 19.1. The fraction of sp³-hybridized carbons (Fsp3) is 0.474. The van der Waals surface area contributed by atoms with Gasteiger partial charge in [-0.15, -0.1) is 0 Å². The number of hydrogen-bond acceptors (Lipinski definition) is 6. The second kappa shape index (κ2) is 7.56. The molecule has 1 aliphatic rings. The molecule has 1 saturated carbocycles. The van der Waals surface area contributed by atoms with Gasteiger partial charge in [0.2, 0.25) is 0 Å². The highest BCUT2D eigenvalue weighted by Crippen LogP contribution is 2.36. The molecule has 1 aliphatic carbocycles. The zero-order valence-electron chi connectivity index (χ0n) is 15.7. The van der Waals surface area contributed by atoms with Crippen LogP contribution in [0.1, 0.15) is 36.0 Å². The maximum absolute atomic E-state index is 13.7. The maximum Gasteiger partial charge on any atom is 0.343 e. The molecule has 0 radical (unpaired) electrons. The molecule has 8 heteroatoms. The zero-order valence-corrected chi connectivity index (χ0v) is 15.7. The fourth-order valence-corrected chi connectivity index (χ4v) is 3.67. The van der Waals surface area contributed by atoms with Gasteiger partial charge >= 0.3 is 5.97 Å². The van der Waals surface area contributed by atoms with Crippen LogP contribution < -0.4 is 10.1 Å². The minimum Gasteiger partial charge on any atom is -0.494 e. The lowest BCUT2D eigenvalue weighted by Crippen LogP contribution is -2.47. The molecule has 27 heavy (non-hydrogen) atoms. The normalized spacial score (nSPS) is 15.9. The van der Waals surface area contributed by atoms with Crippen LogP contribution in [0, 0.1) is 5.82 Å². The maximum atomic E-state index is 13.7. The number of carboxylic acid groups (broad SMARTS) is 1. The third-order valence-electron chi connectivity index (χ3n) is 5.39. The largest absolute Gasteiger partial charge is 0.494 e. The van der Waals surface area contributed by atoms with Crippen molar-refractivity contribution in [1.29, 1.82) is 0 Å². The summed E-state index contributed by atoms with van der Waals surface area (Å²) in [5.74, 6) is -1.46. The van der Waals surface area contributed by atoms with Crippen molar-refractivity contribution in [3.05, 3.63) is 29.6 Å². The zero-order chi connectivity index (χ0) is 19.6. The molecule has 0 spiro atoms. The first-order valence-corrected chi connectivity index (χ1v) is 8.86. The van der Waals surface area contributed by atoms with Crippen LogP contribution in [0.3, 0.4) is 0 Å². The molecule has 1 aromatic carbocycles. The van der Waals surface area contributed by atoms with Gasteiger partial charge in [0.05, 0.1) is 7.11 Å². The first-order valence-electron chi connectivity index (χ1n) is 8.86. The summed E-state index contributed by atoms with van der Waals surface area (Å²) in [7, 11) is 5.41. The lowest BCUT2D eigenvalue weighted by molar-refractivity contribution is 0.0698. The summed E-state index contributed by atoms with van der Waals surface area (Å²) in [4.78, 5) is 14.0. The number of ether oxygens (including phenoxy) is 1. The molecule has 7 nitrogen and oxygen atoms in total. The van der Waals surface area contributed by atoms with Gasteiger partial charge in [0.25, 0.3) is 0 Å². The molecule has 1 fully saturated rings. The molecule has 0 amide bonds. The molecular weight excluding hydrogens is 353 g/mol. The number of hydrogen-bond donors (Lipinski definition) is 2. The Morgan fingerprint density at radius 3 is 2.70 bits per heavy atom. The van der Waals surface area contributed by atoms with Crippen LogP contribution in [-0.2, 0) is 0 Å². The van der Waals surface area contributed by atoms with Crippen molar-refractivity contribution in [2.75, 3.05) is 33.1 Å². The van der Waals surface area contributed by atoms with Crippen molar-refractivity contribution < 1.29 is 23.6 Å². The molecule has 146 valence electrons. The lowest BCUT2D eigenvalue weighted by atomic mass is 9.96. The molecule has 0 unspecified atom stereocenters. The molecule has 0 bridgehead atoms. The molecule has 2 aromatic rings. The first kappa shape index (κ1) is 19.2. The van der Waals surface area contributed by atoms with Gasteiger partial charge in [-0.1, -0.05) is 18.0 Å². The van der Waals surface area contributed by atoms with Gasteiger partial charge < -0.3 is 24.6 Å². The van der Waals surface area contributed by atoms with E-state index >= 15 is 0 Å². The van der Waals surface area contributed by atoms with E-state index in [0.29, 0.717) is 12.1 Å². The summed E-state index contributed by atoms with van der Waals surface area (Å²) >= 11 is 0. The Hall–Kier alpha value is -2.61. The van der Waals surface area contributed by atoms with Gasteiger partial charge in [-0.2, -0.15) is 0 Å². The van der Waals surface area contributed by atoms with E-state index in [1.807, 2.05) is 14.1 Å². The Morgan fingerprint density at radius 1 is 1.41 bits per heavy atom. The molecule has 3 rings (SSSR count). The van der Waals surface area contributed by atoms with Gasteiger partial charge in [0, 0.05) is 17.6 Å². The number of nitrogens with one attached hydrogen (secondary N) is 1. The van der Waals surface area contributed by atoms with Crippen molar-refractivity contribution in [3.63, 3.8) is 0 Å². The number of anilines is 1. The summed E-state index contributed by atoms with van der Waals surface area (Å²) in [6, 6.07) is 4.03. The second-order valence-electron chi connectivity index (χ2n) is 7.07. The molecule has 0 aliphatic heterocycles. The number of likely N-dealkylation sites (N-methyl/N-ethyl adjacent to an activating group) is 1. The third kappa shape index (κ3) is 3.62. The average molecular weight is 377 g/mol. The molecular formula is C19H24FN3O4. The van der Waals surface area contributed by atoms with E-state index in [4.69, 9.17) is 9.26 Å². The minimum absolute atomic E-state index is 0.00673. The van der Waals surface area contributed by atoms with Gasteiger partial charge in [-0.05, 0) is 45.1 Å². The summed E-state index contributed by atoms with van der Waals surface area (Å²) in [5, 5.41) is 16.8. The van der Waals surface area contributed by atoms with E-state index < -0.39 is 11.8 Å². The standard InChI is InChI=1S/C19H24FN3O4/c1-23(2)19(8-4-5-9-19)11-21-17-15(18(24)25)16(27-22-17)12-6-7-13(20)14(10-12)26-3/h6-7,10H,4-5,8-9,11H2,1-3H3,(H,21,22)(H,24,25). The van der Waals surface area contributed by atoms with Gasteiger partial charge in [-0.25, -0.2) is 9.18 Å². The van der Waals surface area contributed by atoms with E-state index in [0.717, 1.165) is 25.7 Å². The van der Waals surface area contributed by atoms with Gasteiger partial charge in [0.1, 0.15) is 0 Å². The van der Waals surface area contributed by atoms with Crippen LogP contribution in [0.4, 0.5) is 10.2 Å². The molecule has 0 atom stereocenters. The third-order valence-corrected chi connectivity index (χ3v) is 5.39. The minimum atomic E-state index is -1.16. The highest BCUT2D eigenvalue weighted by Gasteiger charge is 2.36. The van der Waals surface area contributed by atoms with Crippen LogP contribution in [0.5, 0.6) is 5.75 Å². The van der Waals surface area contributed by atoms with Crippen LogP contribution >= 0.6 is 0 Å². The molecule has 0 saturated heterocycles. The molecule has 1 heterocycles. The number of methoxy groups -OCH3 is 1. The molecule has 1 aromatic heterocycles. The SMILES string of the molecule is COc1cc(-c2onc(NCC3(N(C)C)CCCC3)c2C(=O)O)ccc1F. The topological polar surface area (TPSA) is 87.8 Å². The van der Waals surface area contributed by atoms with E-state index in [1.54, 1.807) is 0 Å². The Morgan fingerprint density at radius 2 is 2.11 bits per heavy atom. The Kier molecular flexibility index (Phi) is 5.36. The highest BCUT2D eigenvalue weighted by molar-refractivity contribution is 5.99. The summed E-state index contributed by atoms with van der Waals surface area (Å²) in [6.45, 7) is 0.568. The van der Waals surface area contributed by atoms with E-state index in [-0.39, 0.29) is 28.4 Å². The number of halogens is 1. The predicted octanol–water partition coefficient (Wildman–Crippen LogP) is 3.47. The Balaban J connectivity index is 1.91. The number of aromatic carboxylic acids is 1. The number of aromatic nitrogens is 1. The van der Waals surface area contributed by atoms with E-state index in [9.17, 15) is 14.3 Å². The summed E-state index contributed by atoms with van der Waals surface area (Å²) < 4.78 is 23.9. The number of nitrogens with zero attached hydrogens (tertiary/aromatic N) is 2. The van der Waals surface area contributed by atoms with Crippen molar-refractivity contribution in [2.45, 2.75) is 31.2 Å². The van der Waals surface area contributed by atoms with E-state index in [2.05, 4.69) is 15.4 Å². The quantitative estimate of drug-likeness (QED) is 0.764. The first-order chi connectivity index (χ1) is 12.9. The number of carbonyl (C=O) groups is 1. The van der Waals surface area contributed by atoms with Crippen molar-refractivity contribution >= 4 is 11.8 Å². The lowest BCUT2D eigenvalue weighted by Gasteiger charge is -2.36. The number of carboxylic acids is 1. The number of benzene rings is 1. The molecule has 2 N–H and O–H groups in total. The van der Waals surface area contributed by atoms with Crippen LogP contribution in [0.15, 0.2) is 22.7 Å². The number of rotatable bonds is 7. The summed E-state index contributed by atoms with van der Waals surface area (Å²) in [5.41, 5.74) is 0.276. The van der Waals surface area contributed by atoms with Crippen molar-refractivity contribution in [1.82, 2.24) is 10.1 Å². The van der Waals surface area contributed by atoms with Gasteiger partial charge in [0.15, 0.2) is 28.7 Å². The van der Waals surface area contributed by atoms with Crippen LogP contribution in [0.25, 0.3) is 11.3 Å². The van der Waals surface area contributed by atoms with Crippen LogP contribution in [-0.4, -0.2) is 54.4 Å². The van der Waals surface area contributed by atoms with Crippen LogP contribution in [0.2, 0.25) is 0 Å². The van der Waals surface area contributed by atoms with Crippen molar-refractivity contribution in [3.8, 4) is 17.1 Å². The summed E-state index contributed by atoms with van der Waals surface area (Å²) in [6.07, 6.45) is 4.36. The van der Waals surface area contributed by atoms with Crippen molar-refractivity contribution in [2.24, 2.45) is 0 Å².